The van der Waals surface area contributed by atoms with E-state index in [0.717, 1.165) is 56.2 Å². The number of amides is 1. The van der Waals surface area contributed by atoms with E-state index in [9.17, 15) is 4.79 Å². The van der Waals surface area contributed by atoms with Crippen LogP contribution in [0.1, 0.15) is 30.4 Å². The molecule has 0 radical (unpaired) electrons. The summed E-state index contributed by atoms with van der Waals surface area (Å²) in [5.41, 5.74) is 2.29. The average Bonchev–Trinajstić information content (AvgIpc) is 3.32. The maximum Gasteiger partial charge on any atom is 0.257 e. The Labute approximate surface area is 162 Å². The van der Waals surface area contributed by atoms with Crippen LogP contribution in [0.15, 0.2) is 22.9 Å². The van der Waals surface area contributed by atoms with Gasteiger partial charge in [0.25, 0.3) is 5.78 Å². The Morgan fingerprint density at radius 1 is 1.22 bits per heavy atom. The molecule has 1 saturated heterocycles. The Morgan fingerprint density at radius 3 is 2.74 bits per heavy atom. The highest BCUT2D eigenvalue weighted by Crippen LogP contribution is 2.20. The molecule has 0 spiro atoms. The van der Waals surface area contributed by atoms with E-state index in [4.69, 9.17) is 4.98 Å². The maximum absolute atomic E-state index is 12.5. The molecule has 0 saturated carbocycles. The molecule has 3 aromatic heterocycles. The third kappa shape index (κ3) is 3.66. The lowest BCUT2D eigenvalue weighted by Crippen LogP contribution is -2.49. The molecule has 27 heavy (non-hydrogen) atoms. The van der Waals surface area contributed by atoms with Gasteiger partial charge >= 0.3 is 0 Å². The quantitative estimate of drug-likeness (QED) is 0.675. The monoisotopic (exact) mass is 384 g/mol. The second-order valence-electron chi connectivity index (χ2n) is 6.91. The summed E-state index contributed by atoms with van der Waals surface area (Å²) in [7, 11) is 0. The number of thiophene rings is 1. The predicted octanol–water partition coefficient (Wildman–Crippen LogP) is 2.34. The molecule has 3 aromatic rings. The van der Waals surface area contributed by atoms with Crippen molar-refractivity contribution >= 4 is 28.8 Å². The van der Waals surface area contributed by atoms with Crippen LogP contribution in [-0.4, -0.2) is 56.6 Å². The molecular weight excluding hydrogens is 360 g/mol. The molecule has 4 rings (SSSR count). The van der Waals surface area contributed by atoms with Crippen molar-refractivity contribution < 1.29 is 4.79 Å². The van der Waals surface area contributed by atoms with E-state index in [2.05, 4.69) is 28.1 Å². The molecule has 1 fully saturated rings. The molecule has 1 aliphatic heterocycles. The highest BCUT2D eigenvalue weighted by Gasteiger charge is 2.23. The van der Waals surface area contributed by atoms with Gasteiger partial charge in [-0.25, -0.2) is 0 Å². The zero-order valence-corrected chi connectivity index (χ0v) is 16.6. The number of aromatic nitrogens is 4. The van der Waals surface area contributed by atoms with Crippen molar-refractivity contribution in [2.45, 2.75) is 33.1 Å². The van der Waals surface area contributed by atoms with Gasteiger partial charge in [0.15, 0.2) is 0 Å². The summed E-state index contributed by atoms with van der Waals surface area (Å²) in [6.45, 7) is 7.16. The second kappa shape index (κ2) is 7.64. The van der Waals surface area contributed by atoms with Gasteiger partial charge in [-0.05, 0) is 35.7 Å². The molecule has 0 atom stereocenters. The minimum Gasteiger partial charge on any atom is -0.353 e. The number of anilines is 1. The van der Waals surface area contributed by atoms with E-state index < -0.39 is 0 Å². The van der Waals surface area contributed by atoms with Crippen molar-refractivity contribution in [3.05, 3.63) is 40.0 Å². The molecule has 0 aromatic carbocycles. The molecule has 4 heterocycles. The van der Waals surface area contributed by atoms with Gasteiger partial charge in [-0.15, -0.1) is 10.2 Å². The third-order valence-electron chi connectivity index (χ3n) is 5.00. The average molecular weight is 385 g/mol. The Kier molecular flexibility index (Phi) is 5.07. The fourth-order valence-electron chi connectivity index (χ4n) is 3.57. The van der Waals surface area contributed by atoms with Gasteiger partial charge in [0.2, 0.25) is 5.91 Å². The van der Waals surface area contributed by atoms with Gasteiger partial charge in [0, 0.05) is 37.9 Å². The third-order valence-corrected chi connectivity index (χ3v) is 5.74. The summed E-state index contributed by atoms with van der Waals surface area (Å²) >= 11 is 1.63. The number of hydrogen-bond acceptors (Lipinski definition) is 6. The van der Waals surface area contributed by atoms with Crippen LogP contribution in [0.3, 0.4) is 0 Å². The number of hydrogen-bond donors (Lipinski definition) is 0. The van der Waals surface area contributed by atoms with Crippen LogP contribution in [0.25, 0.3) is 5.78 Å². The molecular formula is C19H24N6OS. The van der Waals surface area contributed by atoms with Crippen molar-refractivity contribution in [1.29, 1.82) is 0 Å². The normalized spacial score (nSPS) is 14.9. The van der Waals surface area contributed by atoms with Crippen molar-refractivity contribution in [1.82, 2.24) is 24.5 Å². The minimum atomic E-state index is 0.205. The summed E-state index contributed by atoms with van der Waals surface area (Å²) in [5, 5.41) is 12.4. The van der Waals surface area contributed by atoms with Crippen molar-refractivity contribution in [3.63, 3.8) is 0 Å². The highest BCUT2D eigenvalue weighted by atomic mass is 32.1. The van der Waals surface area contributed by atoms with Crippen LogP contribution in [-0.2, 0) is 17.6 Å². The number of aryl methyl sites for hydroxylation is 2. The molecule has 8 heteroatoms. The van der Waals surface area contributed by atoms with Crippen LogP contribution in [0, 0.1) is 6.92 Å². The van der Waals surface area contributed by atoms with Crippen molar-refractivity contribution in [2.75, 3.05) is 31.1 Å². The lowest BCUT2D eigenvalue weighted by Gasteiger charge is -2.35. The van der Waals surface area contributed by atoms with E-state index >= 15 is 0 Å². The van der Waals surface area contributed by atoms with E-state index in [1.165, 1.54) is 5.69 Å². The summed E-state index contributed by atoms with van der Waals surface area (Å²) < 4.78 is 2.04. The van der Waals surface area contributed by atoms with E-state index in [1.54, 1.807) is 11.3 Å². The summed E-state index contributed by atoms with van der Waals surface area (Å²) in [4.78, 5) is 21.4. The van der Waals surface area contributed by atoms with Gasteiger partial charge in [0.1, 0.15) is 11.6 Å². The second-order valence-corrected chi connectivity index (χ2v) is 7.69. The van der Waals surface area contributed by atoms with Crippen LogP contribution in [0.4, 0.5) is 5.82 Å². The molecule has 1 amide bonds. The molecule has 0 aliphatic carbocycles. The standard InChI is InChI=1S/C19H24N6OS/c1-3-4-16-12-17(20-19-22-21-14(2)25(16)19)23-6-8-24(9-7-23)18(26)11-15-5-10-27-13-15/h5,10,12-13H,3-4,6-9,11H2,1-2H3. The first kappa shape index (κ1) is 17.9. The minimum absolute atomic E-state index is 0.205. The largest absolute Gasteiger partial charge is 0.353 e. The van der Waals surface area contributed by atoms with Crippen LogP contribution in [0.5, 0.6) is 0 Å². The molecule has 0 N–H and O–H groups in total. The van der Waals surface area contributed by atoms with Crippen LogP contribution in [0.2, 0.25) is 0 Å². The van der Waals surface area contributed by atoms with Crippen LogP contribution >= 0.6 is 11.3 Å². The summed E-state index contributed by atoms with van der Waals surface area (Å²) in [6, 6.07) is 4.17. The number of rotatable bonds is 5. The Bertz CT molecular complexity index is 927. The molecule has 142 valence electrons. The number of fused-ring (bicyclic) bond motifs is 1. The van der Waals surface area contributed by atoms with Gasteiger partial charge in [-0.1, -0.05) is 13.3 Å². The predicted molar refractivity (Wildman–Crippen MR) is 106 cm³/mol. The SMILES string of the molecule is CCCc1cc(N2CCN(C(=O)Cc3ccsc3)CC2)nc2nnc(C)n12. The summed E-state index contributed by atoms with van der Waals surface area (Å²) in [5.74, 6) is 2.67. The summed E-state index contributed by atoms with van der Waals surface area (Å²) in [6.07, 6.45) is 2.51. The van der Waals surface area contributed by atoms with Gasteiger partial charge in [0.05, 0.1) is 6.42 Å². The van der Waals surface area contributed by atoms with E-state index in [0.29, 0.717) is 12.2 Å². The first-order valence-corrected chi connectivity index (χ1v) is 10.4. The topological polar surface area (TPSA) is 66.6 Å². The molecule has 7 nitrogen and oxygen atoms in total. The molecule has 0 bridgehead atoms. The lowest BCUT2D eigenvalue weighted by atomic mass is 10.2. The number of piperazine rings is 1. The maximum atomic E-state index is 12.5. The number of carbonyl (C=O) groups is 1. The lowest BCUT2D eigenvalue weighted by molar-refractivity contribution is -0.130. The van der Waals surface area contributed by atoms with E-state index in [-0.39, 0.29) is 5.91 Å². The Balaban J connectivity index is 1.47. The first-order valence-electron chi connectivity index (χ1n) is 9.41. The zero-order chi connectivity index (χ0) is 18.8. The van der Waals surface area contributed by atoms with Gasteiger partial charge in [-0.3, -0.25) is 9.20 Å². The molecule has 0 unspecified atom stereocenters. The van der Waals surface area contributed by atoms with Gasteiger partial charge in [-0.2, -0.15) is 16.3 Å². The smallest absolute Gasteiger partial charge is 0.257 e. The Hall–Kier alpha value is -2.48. The van der Waals surface area contributed by atoms with Crippen LogP contribution < -0.4 is 4.90 Å². The number of carbonyl (C=O) groups excluding carboxylic acids is 1. The zero-order valence-electron chi connectivity index (χ0n) is 15.8. The highest BCUT2D eigenvalue weighted by molar-refractivity contribution is 7.08. The Morgan fingerprint density at radius 2 is 2.04 bits per heavy atom. The van der Waals surface area contributed by atoms with Crippen molar-refractivity contribution in [3.8, 4) is 0 Å². The van der Waals surface area contributed by atoms with Gasteiger partial charge < -0.3 is 9.80 Å². The fourth-order valence-corrected chi connectivity index (χ4v) is 4.24. The fraction of sp³-hybridized carbons (Fsp3) is 0.474. The first-order chi connectivity index (χ1) is 13.2. The molecule has 1 aliphatic rings. The number of nitrogens with zero attached hydrogens (tertiary/aromatic N) is 6. The van der Waals surface area contributed by atoms with Crippen molar-refractivity contribution in [2.24, 2.45) is 0 Å². The van der Waals surface area contributed by atoms with E-state index in [1.807, 2.05) is 33.1 Å².